The van der Waals surface area contributed by atoms with E-state index in [2.05, 4.69) is 13.8 Å². The summed E-state index contributed by atoms with van der Waals surface area (Å²) >= 11 is 0. The Kier molecular flexibility index (Phi) is 7.50. The van der Waals surface area contributed by atoms with Crippen molar-refractivity contribution in [2.75, 3.05) is 14.2 Å². The Hall–Kier alpha value is -3.53. The van der Waals surface area contributed by atoms with Crippen molar-refractivity contribution in [1.29, 1.82) is 0 Å². The third kappa shape index (κ3) is 5.98. The predicted molar refractivity (Wildman–Crippen MR) is 124 cm³/mol. The number of methoxy groups -OCH3 is 2. The number of ether oxygens (including phenoxy) is 3. The maximum absolute atomic E-state index is 12.5. The quantitative estimate of drug-likeness (QED) is 0.303. The van der Waals surface area contributed by atoms with E-state index in [0.29, 0.717) is 18.1 Å². The molecule has 0 bridgehead atoms. The van der Waals surface area contributed by atoms with E-state index >= 15 is 0 Å². The van der Waals surface area contributed by atoms with E-state index < -0.39 is 0 Å². The summed E-state index contributed by atoms with van der Waals surface area (Å²) in [7, 11) is 3.26. The minimum Gasteiger partial charge on any atom is -0.497 e. The molecule has 0 aliphatic rings. The monoisotopic (exact) mass is 416 g/mol. The minimum absolute atomic E-state index is 0.0258. The Morgan fingerprint density at radius 2 is 1.55 bits per heavy atom. The summed E-state index contributed by atoms with van der Waals surface area (Å²) in [6, 6.07) is 21.0. The zero-order valence-corrected chi connectivity index (χ0v) is 18.4. The van der Waals surface area contributed by atoms with Gasteiger partial charge in [-0.05, 0) is 59.5 Å². The molecule has 0 aliphatic heterocycles. The Labute approximate surface area is 184 Å². The first-order valence-corrected chi connectivity index (χ1v) is 10.3. The number of carbonyl (C=O) groups is 1. The first-order valence-electron chi connectivity index (χ1n) is 10.3. The topological polar surface area (TPSA) is 44.8 Å². The van der Waals surface area contributed by atoms with Gasteiger partial charge in [-0.25, -0.2) is 0 Å². The van der Waals surface area contributed by atoms with Crippen molar-refractivity contribution < 1.29 is 19.0 Å². The van der Waals surface area contributed by atoms with Gasteiger partial charge in [0.05, 0.1) is 14.2 Å². The molecule has 0 aliphatic carbocycles. The van der Waals surface area contributed by atoms with Crippen LogP contribution in [0.25, 0.3) is 6.08 Å². The number of benzene rings is 3. The van der Waals surface area contributed by atoms with Crippen LogP contribution in [0.2, 0.25) is 0 Å². The summed E-state index contributed by atoms with van der Waals surface area (Å²) < 4.78 is 16.5. The van der Waals surface area contributed by atoms with Crippen LogP contribution in [0.3, 0.4) is 0 Å². The van der Waals surface area contributed by atoms with Gasteiger partial charge in [0.15, 0.2) is 5.78 Å². The van der Waals surface area contributed by atoms with Gasteiger partial charge in [-0.2, -0.15) is 0 Å². The van der Waals surface area contributed by atoms with Gasteiger partial charge in [0, 0.05) is 11.1 Å². The van der Waals surface area contributed by atoms with Crippen molar-refractivity contribution in [1.82, 2.24) is 0 Å². The van der Waals surface area contributed by atoms with Crippen molar-refractivity contribution in [3.8, 4) is 17.2 Å². The van der Waals surface area contributed by atoms with E-state index in [-0.39, 0.29) is 5.78 Å². The summed E-state index contributed by atoms with van der Waals surface area (Å²) in [6.45, 7) is 4.62. The number of rotatable bonds is 9. The second kappa shape index (κ2) is 10.5. The van der Waals surface area contributed by atoms with Crippen LogP contribution in [0, 0.1) is 0 Å². The molecule has 0 N–H and O–H groups in total. The van der Waals surface area contributed by atoms with Gasteiger partial charge in [-0.1, -0.05) is 50.3 Å². The number of hydrogen-bond donors (Lipinski definition) is 0. The van der Waals surface area contributed by atoms with Crippen LogP contribution >= 0.6 is 0 Å². The van der Waals surface area contributed by atoms with Crippen LogP contribution in [0.4, 0.5) is 0 Å². The van der Waals surface area contributed by atoms with E-state index in [1.807, 2.05) is 72.8 Å². The highest BCUT2D eigenvalue weighted by Crippen LogP contribution is 2.24. The van der Waals surface area contributed by atoms with Crippen LogP contribution < -0.4 is 14.2 Å². The maximum Gasteiger partial charge on any atom is 0.185 e. The SMILES string of the molecule is COc1ccc(OCc2cc(/C=C/C(=O)c3ccc(C(C)C)cc3)ccc2OC)cc1. The summed E-state index contributed by atoms with van der Waals surface area (Å²) in [4.78, 5) is 12.5. The zero-order chi connectivity index (χ0) is 22.2. The van der Waals surface area contributed by atoms with E-state index in [4.69, 9.17) is 14.2 Å². The molecule has 0 atom stereocenters. The molecule has 3 aromatic rings. The van der Waals surface area contributed by atoms with Crippen molar-refractivity contribution in [3.05, 3.63) is 95.1 Å². The Balaban J connectivity index is 1.70. The predicted octanol–water partition coefficient (Wildman–Crippen LogP) is 6.30. The highest BCUT2D eigenvalue weighted by Gasteiger charge is 2.07. The fourth-order valence-electron chi connectivity index (χ4n) is 3.15. The molecular weight excluding hydrogens is 388 g/mol. The van der Waals surface area contributed by atoms with Crippen molar-refractivity contribution in [2.45, 2.75) is 26.4 Å². The van der Waals surface area contributed by atoms with Gasteiger partial charge in [0.2, 0.25) is 0 Å². The van der Waals surface area contributed by atoms with E-state index in [0.717, 1.165) is 28.4 Å². The second-order valence-corrected chi connectivity index (χ2v) is 7.51. The maximum atomic E-state index is 12.5. The molecule has 4 heteroatoms. The normalized spacial score (nSPS) is 11.0. The summed E-state index contributed by atoms with van der Waals surface area (Å²) in [5, 5.41) is 0. The molecule has 4 nitrogen and oxygen atoms in total. The molecular formula is C27H28O4. The van der Waals surface area contributed by atoms with Gasteiger partial charge in [0.1, 0.15) is 23.9 Å². The molecule has 0 saturated heterocycles. The largest absolute Gasteiger partial charge is 0.497 e. The molecule has 0 fully saturated rings. The molecule has 0 amide bonds. The molecule has 0 radical (unpaired) electrons. The number of allylic oxidation sites excluding steroid dienone is 1. The molecule has 31 heavy (non-hydrogen) atoms. The van der Waals surface area contributed by atoms with Crippen LogP contribution in [-0.2, 0) is 6.61 Å². The first-order chi connectivity index (χ1) is 15.0. The average molecular weight is 417 g/mol. The molecule has 0 aromatic heterocycles. The van der Waals surface area contributed by atoms with Crippen molar-refractivity contribution >= 4 is 11.9 Å². The van der Waals surface area contributed by atoms with Crippen molar-refractivity contribution in [2.24, 2.45) is 0 Å². The smallest absolute Gasteiger partial charge is 0.185 e. The lowest BCUT2D eigenvalue weighted by molar-refractivity contribution is 0.104. The highest BCUT2D eigenvalue weighted by atomic mass is 16.5. The molecule has 0 saturated carbocycles. The molecule has 3 rings (SSSR count). The van der Waals surface area contributed by atoms with Crippen LogP contribution in [0.5, 0.6) is 17.2 Å². The third-order valence-electron chi connectivity index (χ3n) is 5.05. The van der Waals surface area contributed by atoms with E-state index in [1.54, 1.807) is 20.3 Å². The third-order valence-corrected chi connectivity index (χ3v) is 5.05. The van der Waals surface area contributed by atoms with Crippen LogP contribution in [-0.4, -0.2) is 20.0 Å². The molecule has 0 spiro atoms. The van der Waals surface area contributed by atoms with Gasteiger partial charge in [0.25, 0.3) is 0 Å². The number of carbonyl (C=O) groups excluding carboxylic acids is 1. The van der Waals surface area contributed by atoms with Gasteiger partial charge >= 0.3 is 0 Å². The fraction of sp³-hybridized carbons (Fsp3) is 0.222. The molecule has 160 valence electrons. The Morgan fingerprint density at radius 3 is 2.16 bits per heavy atom. The van der Waals surface area contributed by atoms with Gasteiger partial charge in [-0.15, -0.1) is 0 Å². The lowest BCUT2D eigenvalue weighted by Gasteiger charge is -2.11. The summed E-state index contributed by atoms with van der Waals surface area (Å²) in [6.07, 6.45) is 3.41. The van der Waals surface area contributed by atoms with E-state index in [1.165, 1.54) is 5.56 Å². The minimum atomic E-state index is -0.0258. The fourth-order valence-corrected chi connectivity index (χ4v) is 3.15. The van der Waals surface area contributed by atoms with E-state index in [9.17, 15) is 4.79 Å². The lowest BCUT2D eigenvalue weighted by Crippen LogP contribution is -1.99. The van der Waals surface area contributed by atoms with Crippen LogP contribution in [0.1, 0.15) is 46.8 Å². The standard InChI is InChI=1S/C27H28O4/c1-19(2)21-7-9-22(10-8-21)26(28)15-5-20-6-16-27(30-4)23(17-20)18-31-25-13-11-24(29-3)12-14-25/h5-17,19H,18H2,1-4H3/b15-5+. The average Bonchev–Trinajstić information content (AvgIpc) is 2.81. The highest BCUT2D eigenvalue weighted by molar-refractivity contribution is 6.06. The summed E-state index contributed by atoms with van der Waals surface area (Å²) in [5.74, 6) is 2.67. The molecule has 0 unspecified atom stereocenters. The first kappa shape index (κ1) is 22.2. The Morgan fingerprint density at radius 1 is 0.871 bits per heavy atom. The number of hydrogen-bond acceptors (Lipinski definition) is 4. The second-order valence-electron chi connectivity index (χ2n) is 7.51. The zero-order valence-electron chi connectivity index (χ0n) is 18.4. The lowest BCUT2D eigenvalue weighted by atomic mass is 10.00. The molecule has 3 aromatic carbocycles. The van der Waals surface area contributed by atoms with Crippen LogP contribution in [0.15, 0.2) is 72.8 Å². The number of ketones is 1. The molecule has 0 heterocycles. The van der Waals surface area contributed by atoms with Crippen molar-refractivity contribution in [3.63, 3.8) is 0 Å². The Bertz CT molecular complexity index is 1030. The van der Waals surface area contributed by atoms with Gasteiger partial charge in [-0.3, -0.25) is 4.79 Å². The summed E-state index contributed by atoms with van der Waals surface area (Å²) in [5.41, 5.74) is 3.70. The van der Waals surface area contributed by atoms with Gasteiger partial charge < -0.3 is 14.2 Å².